The van der Waals surface area contributed by atoms with Crippen molar-refractivity contribution in [2.24, 2.45) is 5.41 Å². The highest BCUT2D eigenvalue weighted by atomic mass is 79.9. The molecule has 0 aliphatic heterocycles. The van der Waals surface area contributed by atoms with Gasteiger partial charge in [0, 0.05) is 23.5 Å². The summed E-state index contributed by atoms with van der Waals surface area (Å²) in [6.45, 7) is 2.14. The Hall–Kier alpha value is -1.17. The lowest BCUT2D eigenvalue weighted by Crippen LogP contribution is -2.25. The van der Waals surface area contributed by atoms with Crippen molar-refractivity contribution in [3.63, 3.8) is 0 Å². The summed E-state index contributed by atoms with van der Waals surface area (Å²) >= 11 is 3.43. The zero-order valence-corrected chi connectivity index (χ0v) is 11.1. The molecule has 0 atom stereocenters. The van der Waals surface area contributed by atoms with Crippen LogP contribution < -0.4 is 5.56 Å². The van der Waals surface area contributed by atoms with Crippen LogP contribution in [0.25, 0.3) is 0 Å². The molecule has 0 aromatic carbocycles. The molecule has 17 heavy (non-hydrogen) atoms. The minimum atomic E-state index is -0.445. The molecule has 5 nitrogen and oxygen atoms in total. The molecular formula is C11H13BrN2O3. The summed E-state index contributed by atoms with van der Waals surface area (Å²) in [5.41, 5.74) is 0.377. The van der Waals surface area contributed by atoms with Crippen molar-refractivity contribution in [2.45, 2.75) is 26.3 Å². The predicted molar refractivity (Wildman–Crippen MR) is 67.6 cm³/mol. The van der Waals surface area contributed by atoms with Gasteiger partial charge in [-0.2, -0.15) is 0 Å². The van der Waals surface area contributed by atoms with Crippen LogP contribution in [-0.4, -0.2) is 14.8 Å². The van der Waals surface area contributed by atoms with Crippen molar-refractivity contribution in [3.8, 4) is 0 Å². The molecule has 0 unspecified atom stereocenters. The number of hydrogen-bond acceptors (Lipinski definition) is 3. The maximum Gasteiger partial charge on any atom is 0.288 e. The Morgan fingerprint density at radius 3 is 2.71 bits per heavy atom. The van der Waals surface area contributed by atoms with E-state index in [0.717, 1.165) is 18.2 Å². The van der Waals surface area contributed by atoms with E-state index in [1.807, 2.05) is 0 Å². The van der Waals surface area contributed by atoms with Crippen LogP contribution >= 0.6 is 15.9 Å². The zero-order chi connectivity index (χ0) is 12.6. The molecule has 2 rings (SSSR count). The highest BCUT2D eigenvalue weighted by Crippen LogP contribution is 2.48. The molecule has 92 valence electrons. The molecule has 1 aliphatic carbocycles. The lowest BCUT2D eigenvalue weighted by atomic mass is 10.1. The molecule has 1 fully saturated rings. The van der Waals surface area contributed by atoms with Gasteiger partial charge in [-0.15, -0.1) is 0 Å². The fourth-order valence-corrected chi connectivity index (χ4v) is 2.58. The number of aromatic nitrogens is 1. The summed E-state index contributed by atoms with van der Waals surface area (Å²) < 4.78 is 1.46. The molecule has 1 heterocycles. The molecule has 1 aromatic heterocycles. The SMILES string of the molecule is Cc1cc(=O)n(CC2(CBr)CC2)cc1[N+](=O)[O-]. The van der Waals surface area contributed by atoms with E-state index in [4.69, 9.17) is 0 Å². The first kappa shape index (κ1) is 12.3. The number of aryl methyl sites for hydroxylation is 1. The molecule has 0 radical (unpaired) electrons. The van der Waals surface area contributed by atoms with Crippen molar-refractivity contribution in [2.75, 3.05) is 5.33 Å². The van der Waals surface area contributed by atoms with Gasteiger partial charge in [0.05, 0.1) is 11.1 Å². The number of nitrogens with zero attached hydrogens (tertiary/aromatic N) is 2. The Morgan fingerprint density at radius 1 is 1.59 bits per heavy atom. The van der Waals surface area contributed by atoms with Gasteiger partial charge in [-0.1, -0.05) is 15.9 Å². The Balaban J connectivity index is 2.37. The van der Waals surface area contributed by atoms with Crippen LogP contribution in [0.15, 0.2) is 17.1 Å². The fraction of sp³-hybridized carbons (Fsp3) is 0.545. The zero-order valence-electron chi connectivity index (χ0n) is 9.48. The van der Waals surface area contributed by atoms with E-state index in [-0.39, 0.29) is 16.7 Å². The van der Waals surface area contributed by atoms with Gasteiger partial charge in [0.1, 0.15) is 0 Å². The number of nitro groups is 1. The van der Waals surface area contributed by atoms with E-state index >= 15 is 0 Å². The minimum Gasteiger partial charge on any atom is -0.308 e. The quantitative estimate of drug-likeness (QED) is 0.486. The van der Waals surface area contributed by atoms with Crippen LogP contribution in [0.3, 0.4) is 0 Å². The number of halogens is 1. The molecule has 0 saturated heterocycles. The molecular weight excluding hydrogens is 288 g/mol. The van der Waals surface area contributed by atoms with Crippen molar-refractivity contribution >= 4 is 21.6 Å². The standard InChI is InChI=1S/C11H13BrN2O3/c1-8-4-10(15)13(5-9(8)14(16)17)7-11(6-12)2-3-11/h4-5H,2-3,6-7H2,1H3. The number of hydrogen-bond donors (Lipinski definition) is 0. The van der Waals surface area contributed by atoms with Gasteiger partial charge >= 0.3 is 0 Å². The molecule has 0 bridgehead atoms. The third-order valence-corrected chi connectivity index (χ3v) is 4.44. The van der Waals surface area contributed by atoms with E-state index in [1.54, 1.807) is 6.92 Å². The second-order valence-electron chi connectivity index (χ2n) is 4.70. The highest BCUT2D eigenvalue weighted by Gasteiger charge is 2.42. The monoisotopic (exact) mass is 300 g/mol. The second kappa shape index (κ2) is 4.25. The molecule has 6 heteroatoms. The summed E-state index contributed by atoms with van der Waals surface area (Å²) in [6.07, 6.45) is 3.49. The maximum atomic E-state index is 11.8. The molecule has 0 spiro atoms. The topological polar surface area (TPSA) is 65.1 Å². The number of pyridine rings is 1. The maximum absolute atomic E-state index is 11.8. The van der Waals surface area contributed by atoms with E-state index in [2.05, 4.69) is 15.9 Å². The molecule has 0 N–H and O–H groups in total. The molecule has 1 aromatic rings. The Morgan fingerprint density at radius 2 is 2.24 bits per heavy atom. The van der Waals surface area contributed by atoms with Gasteiger partial charge < -0.3 is 4.57 Å². The number of rotatable bonds is 4. The molecule has 0 amide bonds. The normalized spacial score (nSPS) is 16.8. The van der Waals surface area contributed by atoms with Gasteiger partial charge in [0.2, 0.25) is 0 Å². The van der Waals surface area contributed by atoms with Crippen molar-refractivity contribution in [1.82, 2.24) is 4.57 Å². The summed E-state index contributed by atoms with van der Waals surface area (Å²) in [5.74, 6) is 0. The van der Waals surface area contributed by atoms with Crippen LogP contribution in [0.1, 0.15) is 18.4 Å². The lowest BCUT2D eigenvalue weighted by Gasteiger charge is -2.13. The van der Waals surface area contributed by atoms with Crippen LogP contribution in [0, 0.1) is 22.5 Å². The van der Waals surface area contributed by atoms with E-state index < -0.39 is 4.92 Å². The Bertz CT molecular complexity index is 520. The van der Waals surface area contributed by atoms with Crippen LogP contribution in [0.5, 0.6) is 0 Å². The van der Waals surface area contributed by atoms with Gasteiger partial charge in [0.15, 0.2) is 0 Å². The van der Waals surface area contributed by atoms with Gasteiger partial charge in [-0.05, 0) is 25.2 Å². The smallest absolute Gasteiger partial charge is 0.288 e. The van der Waals surface area contributed by atoms with E-state index in [9.17, 15) is 14.9 Å². The van der Waals surface area contributed by atoms with E-state index in [0.29, 0.717) is 12.1 Å². The second-order valence-corrected chi connectivity index (χ2v) is 5.26. The third-order valence-electron chi connectivity index (χ3n) is 3.25. The first-order chi connectivity index (χ1) is 7.97. The highest BCUT2D eigenvalue weighted by molar-refractivity contribution is 9.09. The summed E-state index contributed by atoms with van der Waals surface area (Å²) in [5, 5.41) is 11.6. The van der Waals surface area contributed by atoms with Crippen molar-refractivity contribution in [1.29, 1.82) is 0 Å². The van der Waals surface area contributed by atoms with Crippen LogP contribution in [0.2, 0.25) is 0 Å². The number of alkyl halides is 1. The predicted octanol–water partition coefficient (Wildman–Crippen LogP) is 2.24. The van der Waals surface area contributed by atoms with Crippen molar-refractivity contribution < 1.29 is 4.92 Å². The summed E-state index contributed by atoms with van der Waals surface area (Å²) in [4.78, 5) is 22.1. The van der Waals surface area contributed by atoms with E-state index in [1.165, 1.54) is 16.8 Å². The Labute approximate surface area is 107 Å². The van der Waals surface area contributed by atoms with Gasteiger partial charge in [0.25, 0.3) is 11.2 Å². The average molecular weight is 301 g/mol. The first-order valence-electron chi connectivity index (χ1n) is 5.39. The fourth-order valence-electron chi connectivity index (χ4n) is 1.84. The molecule has 1 saturated carbocycles. The first-order valence-corrected chi connectivity index (χ1v) is 6.51. The summed E-state index contributed by atoms with van der Waals surface area (Å²) in [7, 11) is 0. The van der Waals surface area contributed by atoms with Gasteiger partial charge in [-0.25, -0.2) is 0 Å². The summed E-state index contributed by atoms with van der Waals surface area (Å²) in [6, 6.07) is 1.34. The third kappa shape index (κ3) is 2.41. The van der Waals surface area contributed by atoms with Gasteiger partial charge in [-0.3, -0.25) is 14.9 Å². The average Bonchev–Trinajstić information content (AvgIpc) is 3.02. The largest absolute Gasteiger partial charge is 0.308 e. The molecule has 1 aliphatic rings. The van der Waals surface area contributed by atoms with Crippen LogP contribution in [-0.2, 0) is 6.54 Å². The minimum absolute atomic E-state index is 0.00923. The lowest BCUT2D eigenvalue weighted by molar-refractivity contribution is -0.386. The van der Waals surface area contributed by atoms with Crippen molar-refractivity contribution in [3.05, 3.63) is 38.3 Å². The van der Waals surface area contributed by atoms with Crippen LogP contribution in [0.4, 0.5) is 5.69 Å². The Kier molecular flexibility index (Phi) is 3.07.